The summed E-state index contributed by atoms with van der Waals surface area (Å²) < 4.78 is 26.9. The van der Waals surface area contributed by atoms with E-state index < -0.39 is 14.9 Å². The number of anilines is 1. The summed E-state index contributed by atoms with van der Waals surface area (Å²) in [6.45, 7) is 8.71. The van der Waals surface area contributed by atoms with Crippen molar-refractivity contribution in [2.45, 2.75) is 50.6 Å². The second kappa shape index (κ2) is 8.11. The van der Waals surface area contributed by atoms with E-state index in [2.05, 4.69) is 17.0 Å². The minimum absolute atomic E-state index is 0.0938. The summed E-state index contributed by atoms with van der Waals surface area (Å²) in [4.78, 5) is 12.3. The Bertz CT molecular complexity index is 713. The van der Waals surface area contributed by atoms with Crippen molar-refractivity contribution in [3.8, 4) is 0 Å². The van der Waals surface area contributed by atoms with Gasteiger partial charge >= 0.3 is 0 Å². The Morgan fingerprint density at radius 3 is 2.48 bits per heavy atom. The lowest BCUT2D eigenvalue weighted by Gasteiger charge is -2.29. The van der Waals surface area contributed by atoms with Crippen LogP contribution in [0, 0.1) is 10.1 Å². The number of benzene rings is 1. The standard InChI is InChI=1S/C16H26N4O4S/c1-4-19-9-7-13(8-10-19)17-15-6-5-14(11-16(15)20(21)22)25(23,24)18-12(2)3/h5-6,11-13,17-18H,4,7-10H2,1-3H3/p+1. The van der Waals surface area contributed by atoms with Crippen molar-refractivity contribution in [1.29, 1.82) is 0 Å². The molecule has 1 fully saturated rings. The predicted octanol–water partition coefficient (Wildman–Crippen LogP) is 0.761. The van der Waals surface area contributed by atoms with Crippen molar-refractivity contribution >= 4 is 21.4 Å². The van der Waals surface area contributed by atoms with E-state index in [1.165, 1.54) is 17.0 Å². The lowest BCUT2D eigenvalue weighted by molar-refractivity contribution is -0.903. The van der Waals surface area contributed by atoms with Gasteiger partial charge in [0, 0.05) is 31.0 Å². The maximum Gasteiger partial charge on any atom is 0.293 e. The smallest absolute Gasteiger partial charge is 0.293 e. The molecule has 0 atom stereocenters. The van der Waals surface area contributed by atoms with E-state index in [-0.39, 0.29) is 22.7 Å². The van der Waals surface area contributed by atoms with Crippen molar-refractivity contribution in [3.63, 3.8) is 0 Å². The third kappa shape index (κ3) is 5.13. The third-order valence-electron chi connectivity index (χ3n) is 4.42. The van der Waals surface area contributed by atoms with Crippen molar-refractivity contribution in [1.82, 2.24) is 4.72 Å². The maximum absolute atomic E-state index is 12.2. The molecular formula is C16H27N4O4S+. The molecule has 140 valence electrons. The van der Waals surface area contributed by atoms with Crippen LogP contribution in [0.15, 0.2) is 23.1 Å². The molecule has 3 N–H and O–H groups in total. The first-order chi connectivity index (χ1) is 11.7. The maximum atomic E-state index is 12.2. The molecule has 8 nitrogen and oxygen atoms in total. The summed E-state index contributed by atoms with van der Waals surface area (Å²) in [6.07, 6.45) is 1.88. The molecular weight excluding hydrogens is 344 g/mol. The first kappa shape index (κ1) is 19.6. The van der Waals surface area contributed by atoms with Crippen molar-refractivity contribution in [2.75, 3.05) is 25.0 Å². The molecule has 1 aliphatic rings. The topological polar surface area (TPSA) is 106 Å². The first-order valence-corrected chi connectivity index (χ1v) is 10.1. The van der Waals surface area contributed by atoms with E-state index in [1.807, 2.05) is 0 Å². The second-order valence-corrected chi connectivity index (χ2v) is 8.45. The molecule has 0 aromatic heterocycles. The van der Waals surface area contributed by atoms with E-state index >= 15 is 0 Å². The molecule has 25 heavy (non-hydrogen) atoms. The Morgan fingerprint density at radius 2 is 1.96 bits per heavy atom. The van der Waals surface area contributed by atoms with Crippen LogP contribution in [0.1, 0.15) is 33.6 Å². The molecule has 0 radical (unpaired) electrons. The average Bonchev–Trinajstić information content (AvgIpc) is 2.54. The molecule has 0 bridgehead atoms. The molecule has 1 aromatic rings. The number of nitrogens with zero attached hydrogens (tertiary/aromatic N) is 1. The Kier molecular flexibility index (Phi) is 6.36. The second-order valence-electron chi connectivity index (χ2n) is 6.73. The number of piperidine rings is 1. The fraction of sp³-hybridized carbons (Fsp3) is 0.625. The van der Waals surface area contributed by atoms with Gasteiger partial charge in [-0.15, -0.1) is 0 Å². The largest absolute Gasteiger partial charge is 0.376 e. The minimum atomic E-state index is -3.76. The van der Waals surface area contributed by atoms with Gasteiger partial charge in [-0.2, -0.15) is 0 Å². The van der Waals surface area contributed by atoms with Crippen molar-refractivity contribution < 1.29 is 18.2 Å². The van der Waals surface area contributed by atoms with E-state index in [4.69, 9.17) is 0 Å². The van der Waals surface area contributed by atoms with Crippen LogP contribution in [0.4, 0.5) is 11.4 Å². The highest BCUT2D eigenvalue weighted by molar-refractivity contribution is 7.89. The van der Waals surface area contributed by atoms with Crippen molar-refractivity contribution in [3.05, 3.63) is 28.3 Å². The van der Waals surface area contributed by atoms with Gasteiger partial charge in [-0.25, -0.2) is 13.1 Å². The van der Waals surface area contributed by atoms with Gasteiger partial charge in [0.1, 0.15) is 5.69 Å². The SMILES string of the molecule is CC[NH+]1CCC(Nc2ccc(S(=O)(=O)NC(C)C)cc2[N+](=O)[O-])CC1. The highest BCUT2D eigenvalue weighted by atomic mass is 32.2. The molecule has 9 heteroatoms. The van der Waals surface area contributed by atoms with Gasteiger partial charge in [0.25, 0.3) is 5.69 Å². The third-order valence-corrected chi connectivity index (χ3v) is 6.08. The van der Waals surface area contributed by atoms with Gasteiger partial charge in [-0.1, -0.05) is 0 Å². The van der Waals surface area contributed by atoms with Gasteiger partial charge in [0.2, 0.25) is 10.0 Å². The molecule has 1 heterocycles. The van der Waals surface area contributed by atoms with Crippen LogP contribution in [0.3, 0.4) is 0 Å². The molecule has 1 aromatic carbocycles. The summed E-state index contributed by atoms with van der Waals surface area (Å²) in [5.74, 6) is 0. The van der Waals surface area contributed by atoms with Crippen LogP contribution >= 0.6 is 0 Å². The Hall–Kier alpha value is -1.71. The lowest BCUT2D eigenvalue weighted by atomic mass is 10.0. The number of sulfonamides is 1. The summed E-state index contributed by atoms with van der Waals surface area (Å²) >= 11 is 0. The van der Waals surface area contributed by atoms with Crippen LogP contribution in [0.25, 0.3) is 0 Å². The van der Waals surface area contributed by atoms with Gasteiger partial charge in [-0.05, 0) is 32.9 Å². The molecule has 0 aliphatic carbocycles. The van der Waals surface area contributed by atoms with E-state index in [9.17, 15) is 18.5 Å². The van der Waals surface area contributed by atoms with Gasteiger partial charge in [0.15, 0.2) is 0 Å². The molecule has 0 saturated carbocycles. The van der Waals surface area contributed by atoms with E-state index in [0.717, 1.165) is 38.5 Å². The Balaban J connectivity index is 2.21. The molecule has 0 unspecified atom stereocenters. The van der Waals surface area contributed by atoms with Crippen LogP contribution in [-0.2, 0) is 10.0 Å². The summed E-state index contributed by atoms with van der Waals surface area (Å²) in [6, 6.07) is 3.91. The minimum Gasteiger partial charge on any atom is -0.376 e. The number of quaternary nitrogens is 1. The van der Waals surface area contributed by atoms with Crippen LogP contribution < -0.4 is 14.9 Å². The highest BCUT2D eigenvalue weighted by Crippen LogP contribution is 2.29. The molecule has 1 aliphatic heterocycles. The summed E-state index contributed by atoms with van der Waals surface area (Å²) in [5.41, 5.74) is 0.162. The van der Waals surface area contributed by atoms with Gasteiger partial charge in [0.05, 0.1) is 29.5 Å². The summed E-state index contributed by atoms with van der Waals surface area (Å²) in [7, 11) is -3.76. The van der Waals surface area contributed by atoms with Crippen molar-refractivity contribution in [2.24, 2.45) is 0 Å². The Labute approximate surface area is 148 Å². The molecule has 1 saturated heterocycles. The highest BCUT2D eigenvalue weighted by Gasteiger charge is 2.26. The zero-order valence-corrected chi connectivity index (χ0v) is 15.7. The van der Waals surface area contributed by atoms with Gasteiger partial charge < -0.3 is 10.2 Å². The predicted molar refractivity (Wildman–Crippen MR) is 96.4 cm³/mol. The fourth-order valence-corrected chi connectivity index (χ4v) is 4.34. The number of nitro groups is 1. The van der Waals surface area contributed by atoms with Gasteiger partial charge in [-0.3, -0.25) is 10.1 Å². The number of likely N-dealkylation sites (tertiary alicyclic amines) is 1. The first-order valence-electron chi connectivity index (χ1n) is 8.63. The number of hydrogen-bond acceptors (Lipinski definition) is 5. The monoisotopic (exact) mass is 371 g/mol. The van der Waals surface area contributed by atoms with Crippen LogP contribution in [-0.4, -0.2) is 45.1 Å². The fourth-order valence-electron chi connectivity index (χ4n) is 3.07. The zero-order valence-electron chi connectivity index (χ0n) is 14.9. The van der Waals surface area contributed by atoms with Crippen LogP contribution in [0.2, 0.25) is 0 Å². The summed E-state index contributed by atoms with van der Waals surface area (Å²) in [5, 5.41) is 14.6. The normalized spacial score (nSPS) is 21.3. The van der Waals surface area contributed by atoms with Crippen LogP contribution in [0.5, 0.6) is 0 Å². The number of rotatable bonds is 7. The molecule has 2 rings (SSSR count). The number of hydrogen-bond donors (Lipinski definition) is 3. The van der Waals surface area contributed by atoms with E-state index in [0.29, 0.717) is 5.69 Å². The lowest BCUT2D eigenvalue weighted by Crippen LogP contribution is -3.13. The average molecular weight is 371 g/mol. The quantitative estimate of drug-likeness (QED) is 0.485. The number of nitrogens with one attached hydrogen (secondary N) is 3. The van der Waals surface area contributed by atoms with E-state index in [1.54, 1.807) is 13.8 Å². The zero-order chi connectivity index (χ0) is 18.6. The number of nitro benzene ring substituents is 1. The Morgan fingerprint density at radius 1 is 1.32 bits per heavy atom. The molecule has 0 amide bonds. The molecule has 0 spiro atoms.